The van der Waals surface area contributed by atoms with Crippen LogP contribution < -0.4 is 0 Å². The van der Waals surface area contributed by atoms with Crippen LogP contribution in [0.5, 0.6) is 0 Å². The second-order valence-corrected chi connectivity index (χ2v) is 12.4. The first-order chi connectivity index (χ1) is 14.2. The number of ether oxygens (including phenoxy) is 1. The van der Waals surface area contributed by atoms with Crippen molar-refractivity contribution in [2.24, 2.45) is 46.3 Å². The zero-order valence-corrected chi connectivity index (χ0v) is 20.5. The summed E-state index contributed by atoms with van der Waals surface area (Å²) in [4.78, 5) is 12.2. The fourth-order valence-corrected chi connectivity index (χ4v) is 8.76. The molecule has 3 saturated carbocycles. The summed E-state index contributed by atoms with van der Waals surface area (Å²) in [6.07, 6.45) is 14.8. The topological polar surface area (TPSA) is 26.3 Å². The van der Waals surface area contributed by atoms with Gasteiger partial charge >= 0.3 is 0 Å². The standard InChI is InChI=1S/C28H46O2/c1-18(2)8-7-9-19(3)22-10-11-23-26-24(13-15-28(22,23)5)27(4)14-12-21(29)16-20(27)17-25(26)30-6/h16,18-19,22-26H,7-15,17H2,1-6H3/t19-,22-,23+,24+,25-,26+,27+,28-/m1/s1. The van der Waals surface area contributed by atoms with Crippen LogP contribution in [0.15, 0.2) is 11.6 Å². The predicted octanol–water partition coefficient (Wildman–Crippen LogP) is 7.22. The Bertz CT molecular complexity index is 678. The maximum Gasteiger partial charge on any atom is 0.155 e. The summed E-state index contributed by atoms with van der Waals surface area (Å²) in [5, 5.41) is 0. The van der Waals surface area contributed by atoms with Gasteiger partial charge in [-0.15, -0.1) is 0 Å². The Labute approximate surface area is 185 Å². The summed E-state index contributed by atoms with van der Waals surface area (Å²) in [5.41, 5.74) is 2.12. The molecule has 0 unspecified atom stereocenters. The second kappa shape index (κ2) is 8.38. The van der Waals surface area contributed by atoms with Gasteiger partial charge in [0.2, 0.25) is 0 Å². The van der Waals surface area contributed by atoms with E-state index in [1.165, 1.54) is 50.5 Å². The van der Waals surface area contributed by atoms with Gasteiger partial charge in [0, 0.05) is 13.5 Å². The average Bonchev–Trinajstić information content (AvgIpc) is 3.05. The Hall–Kier alpha value is -0.630. The van der Waals surface area contributed by atoms with Gasteiger partial charge in [0.15, 0.2) is 5.78 Å². The number of methoxy groups -OCH3 is 1. The van der Waals surface area contributed by atoms with E-state index in [0.717, 1.165) is 42.9 Å². The van der Waals surface area contributed by atoms with E-state index in [1.807, 2.05) is 13.2 Å². The molecule has 0 N–H and O–H groups in total. The van der Waals surface area contributed by atoms with Crippen LogP contribution in [0.25, 0.3) is 0 Å². The molecule has 4 aliphatic rings. The fraction of sp³-hybridized carbons (Fsp3) is 0.893. The molecule has 0 aliphatic heterocycles. The molecule has 0 bridgehead atoms. The van der Waals surface area contributed by atoms with Gasteiger partial charge in [-0.1, -0.05) is 59.5 Å². The normalized spacial score (nSPS) is 44.3. The predicted molar refractivity (Wildman–Crippen MR) is 124 cm³/mol. The van der Waals surface area contributed by atoms with E-state index in [2.05, 4.69) is 34.6 Å². The maximum absolute atomic E-state index is 12.2. The number of carbonyl (C=O) groups excluding carboxylic acids is 1. The van der Waals surface area contributed by atoms with Gasteiger partial charge in [0.05, 0.1) is 6.10 Å². The molecule has 170 valence electrons. The van der Waals surface area contributed by atoms with Crippen LogP contribution >= 0.6 is 0 Å². The molecule has 2 heteroatoms. The Morgan fingerprint density at radius 2 is 1.83 bits per heavy atom. The highest BCUT2D eigenvalue weighted by atomic mass is 16.5. The Balaban J connectivity index is 1.56. The van der Waals surface area contributed by atoms with Crippen molar-refractivity contribution in [2.45, 2.75) is 105 Å². The van der Waals surface area contributed by atoms with Crippen molar-refractivity contribution in [3.05, 3.63) is 11.6 Å². The van der Waals surface area contributed by atoms with E-state index in [9.17, 15) is 4.79 Å². The van der Waals surface area contributed by atoms with Crippen molar-refractivity contribution in [1.29, 1.82) is 0 Å². The molecule has 30 heavy (non-hydrogen) atoms. The molecule has 0 radical (unpaired) electrons. The molecule has 0 saturated heterocycles. The van der Waals surface area contributed by atoms with Crippen molar-refractivity contribution >= 4 is 5.78 Å². The number of ketones is 1. The highest BCUT2D eigenvalue weighted by Gasteiger charge is 2.61. The van der Waals surface area contributed by atoms with Gasteiger partial charge in [-0.05, 0) is 90.9 Å². The molecule has 0 aromatic carbocycles. The summed E-state index contributed by atoms with van der Waals surface area (Å²) in [5.74, 6) is 5.07. The summed E-state index contributed by atoms with van der Waals surface area (Å²) in [6, 6.07) is 0. The Kier molecular flexibility index (Phi) is 6.30. The van der Waals surface area contributed by atoms with Gasteiger partial charge in [0.1, 0.15) is 0 Å². The largest absolute Gasteiger partial charge is 0.381 e. The summed E-state index contributed by atoms with van der Waals surface area (Å²) < 4.78 is 6.18. The van der Waals surface area contributed by atoms with E-state index in [0.29, 0.717) is 29.1 Å². The lowest BCUT2D eigenvalue weighted by atomic mass is 9.45. The number of fused-ring (bicyclic) bond motifs is 5. The van der Waals surface area contributed by atoms with E-state index >= 15 is 0 Å². The van der Waals surface area contributed by atoms with Gasteiger partial charge in [-0.2, -0.15) is 0 Å². The monoisotopic (exact) mass is 414 g/mol. The fourth-order valence-electron chi connectivity index (χ4n) is 8.76. The molecule has 4 rings (SSSR count). The van der Waals surface area contributed by atoms with E-state index in [1.54, 1.807) is 0 Å². The molecule has 0 amide bonds. The smallest absolute Gasteiger partial charge is 0.155 e. The molecule has 4 aliphatic carbocycles. The summed E-state index contributed by atoms with van der Waals surface area (Å²) >= 11 is 0. The third kappa shape index (κ3) is 3.63. The minimum Gasteiger partial charge on any atom is -0.381 e. The zero-order chi connectivity index (χ0) is 21.7. The quantitative estimate of drug-likeness (QED) is 0.458. The maximum atomic E-state index is 12.2. The van der Waals surface area contributed by atoms with Crippen LogP contribution in [0.1, 0.15) is 98.8 Å². The third-order valence-corrected chi connectivity index (χ3v) is 10.5. The number of carbonyl (C=O) groups is 1. The van der Waals surface area contributed by atoms with Gasteiger partial charge in [-0.25, -0.2) is 0 Å². The lowest BCUT2D eigenvalue weighted by Gasteiger charge is -2.60. The first-order valence-corrected chi connectivity index (χ1v) is 13.0. The highest BCUT2D eigenvalue weighted by molar-refractivity contribution is 5.91. The number of hydrogen-bond acceptors (Lipinski definition) is 2. The van der Waals surface area contributed by atoms with Crippen molar-refractivity contribution in [2.75, 3.05) is 7.11 Å². The number of hydrogen-bond donors (Lipinski definition) is 0. The summed E-state index contributed by atoms with van der Waals surface area (Å²) in [7, 11) is 1.92. The van der Waals surface area contributed by atoms with Crippen LogP contribution in [0, 0.1) is 46.3 Å². The van der Waals surface area contributed by atoms with E-state index in [4.69, 9.17) is 4.74 Å². The molecule has 0 heterocycles. The zero-order valence-electron chi connectivity index (χ0n) is 20.5. The van der Waals surface area contributed by atoms with E-state index < -0.39 is 0 Å². The van der Waals surface area contributed by atoms with Crippen LogP contribution in [0.4, 0.5) is 0 Å². The lowest BCUT2D eigenvalue weighted by Crippen LogP contribution is -2.56. The van der Waals surface area contributed by atoms with Crippen LogP contribution in [0.2, 0.25) is 0 Å². The number of rotatable bonds is 6. The van der Waals surface area contributed by atoms with Gasteiger partial charge < -0.3 is 4.74 Å². The lowest BCUT2D eigenvalue weighted by molar-refractivity contribution is -0.130. The summed E-state index contributed by atoms with van der Waals surface area (Å²) in [6.45, 7) is 12.4. The molecule has 2 nitrogen and oxygen atoms in total. The van der Waals surface area contributed by atoms with Crippen molar-refractivity contribution in [1.82, 2.24) is 0 Å². The highest BCUT2D eigenvalue weighted by Crippen LogP contribution is 2.68. The van der Waals surface area contributed by atoms with Crippen LogP contribution in [-0.2, 0) is 9.53 Å². The Morgan fingerprint density at radius 3 is 2.53 bits per heavy atom. The molecular formula is C28H46O2. The van der Waals surface area contributed by atoms with Crippen molar-refractivity contribution < 1.29 is 9.53 Å². The minimum atomic E-state index is 0.232. The van der Waals surface area contributed by atoms with Gasteiger partial charge in [0.25, 0.3) is 0 Å². The molecular weight excluding hydrogens is 368 g/mol. The molecule has 0 spiro atoms. The minimum absolute atomic E-state index is 0.232. The van der Waals surface area contributed by atoms with Crippen molar-refractivity contribution in [3.63, 3.8) is 0 Å². The first kappa shape index (κ1) is 22.6. The van der Waals surface area contributed by atoms with Crippen LogP contribution in [0.3, 0.4) is 0 Å². The molecule has 0 aromatic heterocycles. The van der Waals surface area contributed by atoms with Crippen LogP contribution in [-0.4, -0.2) is 19.0 Å². The third-order valence-electron chi connectivity index (χ3n) is 10.5. The Morgan fingerprint density at radius 1 is 1.07 bits per heavy atom. The SMILES string of the molecule is CO[C@@H]1CC2=CC(=O)CC[C@]2(C)[C@H]2CC[C@]3(C)[C@@H]([C@H](C)CCCC(C)C)CC[C@H]3[C@H]12. The van der Waals surface area contributed by atoms with Crippen molar-refractivity contribution in [3.8, 4) is 0 Å². The van der Waals surface area contributed by atoms with Gasteiger partial charge in [-0.3, -0.25) is 4.79 Å². The van der Waals surface area contributed by atoms with E-state index in [-0.39, 0.29) is 5.41 Å². The first-order valence-electron chi connectivity index (χ1n) is 13.0. The molecule has 0 aromatic rings. The molecule has 8 atom stereocenters. The average molecular weight is 415 g/mol. The second-order valence-electron chi connectivity index (χ2n) is 12.4. The molecule has 3 fully saturated rings.